The number of carbonyl (C=O) groups is 3. The lowest BCUT2D eigenvalue weighted by Gasteiger charge is -2.37. The monoisotopic (exact) mass is 390 g/mol. The average Bonchev–Trinajstić information content (AvgIpc) is 3.38. The molecule has 4 rings (SSSR count). The topological polar surface area (TPSA) is 64.2 Å². The minimum atomic E-state index is -0.172. The van der Waals surface area contributed by atoms with Crippen LogP contribution in [0, 0.1) is 5.92 Å². The Bertz CT molecular complexity index is 590. The molecule has 28 heavy (non-hydrogen) atoms. The molecule has 0 spiro atoms. The Hall–Kier alpha value is -1.63. The summed E-state index contributed by atoms with van der Waals surface area (Å²) < 4.78 is 0. The molecular formula is C21H34N4O3. The van der Waals surface area contributed by atoms with Crippen LogP contribution in [0.4, 0.5) is 0 Å². The van der Waals surface area contributed by atoms with Gasteiger partial charge in [-0.05, 0) is 32.1 Å². The second-order valence-corrected chi connectivity index (χ2v) is 8.93. The highest BCUT2D eigenvalue weighted by molar-refractivity contribution is 5.89. The van der Waals surface area contributed by atoms with Crippen molar-refractivity contribution in [2.45, 2.75) is 57.4 Å². The van der Waals surface area contributed by atoms with Gasteiger partial charge in [-0.1, -0.05) is 12.8 Å². The highest BCUT2D eigenvalue weighted by Crippen LogP contribution is 2.30. The van der Waals surface area contributed by atoms with Gasteiger partial charge in [-0.3, -0.25) is 19.3 Å². The number of likely N-dealkylation sites (tertiary alicyclic amines) is 2. The van der Waals surface area contributed by atoms with E-state index in [1.165, 1.54) is 19.3 Å². The molecule has 1 aliphatic carbocycles. The first-order chi connectivity index (χ1) is 13.6. The normalized spacial score (nSPS) is 27.6. The third-order valence-electron chi connectivity index (χ3n) is 7.02. The van der Waals surface area contributed by atoms with Crippen molar-refractivity contribution in [1.29, 1.82) is 0 Å². The molecule has 156 valence electrons. The van der Waals surface area contributed by atoms with Crippen molar-refractivity contribution in [3.05, 3.63) is 0 Å². The molecule has 0 N–H and O–H groups in total. The highest BCUT2D eigenvalue weighted by atomic mass is 16.2. The zero-order chi connectivity index (χ0) is 19.5. The van der Waals surface area contributed by atoms with Crippen LogP contribution in [0.2, 0.25) is 0 Å². The molecule has 0 aromatic carbocycles. The predicted octanol–water partition coefficient (Wildman–Crippen LogP) is 0.934. The van der Waals surface area contributed by atoms with Crippen molar-refractivity contribution in [3.8, 4) is 0 Å². The van der Waals surface area contributed by atoms with Gasteiger partial charge in [0.1, 0.15) is 0 Å². The van der Waals surface area contributed by atoms with Crippen LogP contribution < -0.4 is 0 Å². The number of hydrogen-bond acceptors (Lipinski definition) is 4. The fraction of sp³-hybridized carbons (Fsp3) is 0.857. The van der Waals surface area contributed by atoms with Gasteiger partial charge in [-0.25, -0.2) is 0 Å². The molecule has 7 heteroatoms. The number of nitrogens with zero attached hydrogens (tertiary/aromatic N) is 4. The molecule has 0 aromatic heterocycles. The average molecular weight is 391 g/mol. The number of hydrogen-bond donors (Lipinski definition) is 0. The number of rotatable bonds is 4. The first kappa shape index (κ1) is 19.7. The maximum Gasteiger partial charge on any atom is 0.236 e. The van der Waals surface area contributed by atoms with E-state index >= 15 is 0 Å². The van der Waals surface area contributed by atoms with Crippen LogP contribution in [0.15, 0.2) is 0 Å². The third kappa shape index (κ3) is 4.34. The minimum Gasteiger partial charge on any atom is -0.342 e. The van der Waals surface area contributed by atoms with E-state index < -0.39 is 0 Å². The van der Waals surface area contributed by atoms with Crippen LogP contribution in [-0.2, 0) is 14.4 Å². The third-order valence-corrected chi connectivity index (χ3v) is 7.02. The second-order valence-electron chi connectivity index (χ2n) is 8.93. The van der Waals surface area contributed by atoms with E-state index in [0.29, 0.717) is 38.6 Å². The number of piperazine rings is 1. The van der Waals surface area contributed by atoms with Crippen LogP contribution >= 0.6 is 0 Å². The standard InChI is InChI=1S/C21H34N4O3/c26-19-14-17(15-25(19)18-6-2-3-7-18)21(28)24-12-10-22(11-13-24)16-20(27)23-8-4-1-5-9-23/h17-18H,1-16H2. The summed E-state index contributed by atoms with van der Waals surface area (Å²) >= 11 is 0. The van der Waals surface area contributed by atoms with E-state index in [0.717, 1.165) is 51.9 Å². The summed E-state index contributed by atoms with van der Waals surface area (Å²) in [4.78, 5) is 45.8. The predicted molar refractivity (Wildman–Crippen MR) is 106 cm³/mol. The molecule has 3 aliphatic heterocycles. The summed E-state index contributed by atoms with van der Waals surface area (Å²) in [5.41, 5.74) is 0. The second kappa shape index (κ2) is 8.80. The zero-order valence-corrected chi connectivity index (χ0v) is 17.0. The van der Waals surface area contributed by atoms with Gasteiger partial charge in [0, 0.05) is 58.3 Å². The Morgan fingerprint density at radius 1 is 0.821 bits per heavy atom. The SMILES string of the molecule is O=C(CN1CCN(C(=O)C2CC(=O)N(C3CCCC3)C2)CC1)N1CCCCC1. The molecule has 0 radical (unpaired) electrons. The molecule has 4 aliphatic rings. The summed E-state index contributed by atoms with van der Waals surface area (Å²) in [5, 5.41) is 0. The Morgan fingerprint density at radius 2 is 1.50 bits per heavy atom. The lowest BCUT2D eigenvalue weighted by Crippen LogP contribution is -2.53. The summed E-state index contributed by atoms with van der Waals surface area (Å²) in [6.45, 7) is 5.70. The maximum atomic E-state index is 12.9. The van der Waals surface area contributed by atoms with Crippen LogP contribution in [0.5, 0.6) is 0 Å². The number of piperidine rings is 1. The van der Waals surface area contributed by atoms with Crippen LogP contribution in [0.25, 0.3) is 0 Å². The van der Waals surface area contributed by atoms with Crippen LogP contribution in [0.3, 0.4) is 0 Å². The van der Waals surface area contributed by atoms with Gasteiger partial charge in [-0.15, -0.1) is 0 Å². The van der Waals surface area contributed by atoms with Crippen molar-refractivity contribution >= 4 is 17.7 Å². The molecule has 0 bridgehead atoms. The largest absolute Gasteiger partial charge is 0.342 e. The lowest BCUT2D eigenvalue weighted by atomic mass is 10.1. The van der Waals surface area contributed by atoms with Gasteiger partial charge in [-0.2, -0.15) is 0 Å². The highest BCUT2D eigenvalue weighted by Gasteiger charge is 2.40. The first-order valence-electron chi connectivity index (χ1n) is 11.2. The van der Waals surface area contributed by atoms with Crippen LogP contribution in [0.1, 0.15) is 51.4 Å². The fourth-order valence-corrected chi connectivity index (χ4v) is 5.29. The Labute approximate surface area is 168 Å². The summed E-state index contributed by atoms with van der Waals surface area (Å²) in [5.74, 6) is 0.356. The molecular weight excluding hydrogens is 356 g/mol. The molecule has 1 atom stereocenters. The van der Waals surface area contributed by atoms with Crippen molar-refractivity contribution in [2.75, 3.05) is 52.4 Å². The van der Waals surface area contributed by atoms with Gasteiger partial charge < -0.3 is 14.7 Å². The Balaban J connectivity index is 1.23. The van der Waals surface area contributed by atoms with E-state index in [2.05, 4.69) is 4.90 Å². The summed E-state index contributed by atoms with van der Waals surface area (Å²) in [7, 11) is 0. The summed E-state index contributed by atoms with van der Waals surface area (Å²) in [6.07, 6.45) is 8.43. The molecule has 3 saturated heterocycles. The molecule has 0 aromatic rings. The molecule has 3 heterocycles. The first-order valence-corrected chi connectivity index (χ1v) is 11.2. The van der Waals surface area contributed by atoms with Gasteiger partial charge in [0.2, 0.25) is 17.7 Å². The van der Waals surface area contributed by atoms with Crippen molar-refractivity contribution in [2.24, 2.45) is 5.92 Å². The fourth-order valence-electron chi connectivity index (χ4n) is 5.29. The van der Waals surface area contributed by atoms with Crippen LogP contribution in [-0.4, -0.2) is 95.7 Å². The zero-order valence-electron chi connectivity index (χ0n) is 17.0. The van der Waals surface area contributed by atoms with Gasteiger partial charge in [0.25, 0.3) is 0 Å². The van der Waals surface area contributed by atoms with E-state index in [-0.39, 0.29) is 23.6 Å². The number of amides is 3. The van der Waals surface area contributed by atoms with E-state index in [9.17, 15) is 14.4 Å². The molecule has 7 nitrogen and oxygen atoms in total. The quantitative estimate of drug-likeness (QED) is 0.717. The molecule has 3 amide bonds. The smallest absolute Gasteiger partial charge is 0.236 e. The van der Waals surface area contributed by atoms with Crippen molar-refractivity contribution in [3.63, 3.8) is 0 Å². The number of carbonyl (C=O) groups excluding carboxylic acids is 3. The van der Waals surface area contributed by atoms with Gasteiger partial charge in [0.05, 0.1) is 12.5 Å². The lowest BCUT2D eigenvalue weighted by molar-refractivity contribution is -0.138. The van der Waals surface area contributed by atoms with E-state index in [4.69, 9.17) is 0 Å². The van der Waals surface area contributed by atoms with Gasteiger partial charge >= 0.3 is 0 Å². The molecule has 1 saturated carbocycles. The molecule has 4 fully saturated rings. The Morgan fingerprint density at radius 3 is 2.18 bits per heavy atom. The van der Waals surface area contributed by atoms with E-state index in [1.54, 1.807) is 0 Å². The van der Waals surface area contributed by atoms with E-state index in [1.807, 2.05) is 14.7 Å². The van der Waals surface area contributed by atoms with Gasteiger partial charge in [0.15, 0.2) is 0 Å². The van der Waals surface area contributed by atoms with Crippen molar-refractivity contribution in [1.82, 2.24) is 19.6 Å². The summed E-state index contributed by atoms with van der Waals surface area (Å²) in [6, 6.07) is 0.364. The van der Waals surface area contributed by atoms with Crippen molar-refractivity contribution < 1.29 is 14.4 Å². The minimum absolute atomic E-state index is 0.135. The molecule has 1 unspecified atom stereocenters. The maximum absolute atomic E-state index is 12.9. The Kier molecular flexibility index (Phi) is 6.19.